The van der Waals surface area contributed by atoms with Crippen LogP contribution in [-0.2, 0) is 19.6 Å². The first-order chi connectivity index (χ1) is 12.4. The molecule has 0 aromatic heterocycles. The topological polar surface area (TPSA) is 75.7 Å². The molecule has 2 aliphatic rings. The Hall–Kier alpha value is -1.44. The van der Waals surface area contributed by atoms with E-state index in [1.165, 1.54) is 12.8 Å². The summed E-state index contributed by atoms with van der Waals surface area (Å²) in [7, 11) is -3.53. The molecule has 0 bridgehead atoms. The second-order valence-electron chi connectivity index (χ2n) is 7.49. The van der Waals surface area contributed by atoms with Gasteiger partial charge < -0.3 is 10.1 Å². The predicted octanol–water partition coefficient (Wildman–Crippen LogP) is 3.00. The maximum atomic E-state index is 13.0. The Morgan fingerprint density at radius 1 is 1.12 bits per heavy atom. The van der Waals surface area contributed by atoms with Gasteiger partial charge in [0.25, 0.3) is 0 Å². The molecule has 7 heteroatoms. The highest BCUT2D eigenvalue weighted by Crippen LogP contribution is 2.30. The standard InChI is InChI=1S/C19H28N2O4S/c1-14-4-3-5-15(2)21(14)26(23,24)18-10-8-17(9-11-18)20-19(22)13-25-12-16-6-7-16/h8-11,14-16H,3-7,12-13H2,1-2H3,(H,20,22)/t14-,15-/m0/s1. The lowest BCUT2D eigenvalue weighted by molar-refractivity contribution is -0.120. The summed E-state index contributed by atoms with van der Waals surface area (Å²) in [6.07, 6.45) is 5.21. The number of ether oxygens (including phenoxy) is 1. The van der Waals surface area contributed by atoms with Gasteiger partial charge in [-0.1, -0.05) is 6.42 Å². The monoisotopic (exact) mass is 380 g/mol. The maximum Gasteiger partial charge on any atom is 0.250 e. The Balaban J connectivity index is 1.61. The van der Waals surface area contributed by atoms with Crippen molar-refractivity contribution in [3.63, 3.8) is 0 Å². The summed E-state index contributed by atoms with van der Waals surface area (Å²) >= 11 is 0. The minimum absolute atomic E-state index is 0.00625. The van der Waals surface area contributed by atoms with E-state index in [4.69, 9.17) is 4.74 Å². The molecule has 2 atom stereocenters. The second kappa shape index (κ2) is 8.06. The van der Waals surface area contributed by atoms with Crippen molar-refractivity contribution in [2.75, 3.05) is 18.5 Å². The number of hydrogen-bond acceptors (Lipinski definition) is 4. The zero-order valence-electron chi connectivity index (χ0n) is 15.5. The van der Waals surface area contributed by atoms with Crippen molar-refractivity contribution < 1.29 is 17.9 Å². The normalized spacial score (nSPS) is 24.4. The molecule has 3 rings (SSSR count). The van der Waals surface area contributed by atoms with Crippen molar-refractivity contribution in [2.45, 2.75) is 62.9 Å². The fraction of sp³-hybridized carbons (Fsp3) is 0.632. The number of amides is 1. The summed E-state index contributed by atoms with van der Waals surface area (Å²) in [4.78, 5) is 12.1. The molecule has 0 unspecified atom stereocenters. The maximum absolute atomic E-state index is 13.0. The first-order valence-electron chi connectivity index (χ1n) is 9.39. The molecule has 1 aromatic rings. The van der Waals surface area contributed by atoms with Gasteiger partial charge in [0.15, 0.2) is 0 Å². The molecular weight excluding hydrogens is 352 g/mol. The summed E-state index contributed by atoms with van der Waals surface area (Å²) in [5.74, 6) is 0.395. The summed E-state index contributed by atoms with van der Waals surface area (Å²) in [6.45, 7) is 4.59. The van der Waals surface area contributed by atoms with E-state index >= 15 is 0 Å². The molecule has 1 amide bonds. The molecule has 144 valence electrons. The summed E-state index contributed by atoms with van der Waals surface area (Å²) in [5.41, 5.74) is 0.573. The number of hydrogen-bond donors (Lipinski definition) is 1. The minimum Gasteiger partial charge on any atom is -0.371 e. The van der Waals surface area contributed by atoms with Gasteiger partial charge in [0.1, 0.15) is 6.61 Å². The lowest BCUT2D eigenvalue weighted by Gasteiger charge is -2.37. The van der Waals surface area contributed by atoms with Gasteiger partial charge in [-0.25, -0.2) is 8.42 Å². The lowest BCUT2D eigenvalue weighted by atomic mass is 10.0. The third kappa shape index (κ3) is 4.64. The quantitative estimate of drug-likeness (QED) is 0.789. The van der Waals surface area contributed by atoms with E-state index in [0.29, 0.717) is 18.2 Å². The number of piperidine rings is 1. The van der Waals surface area contributed by atoms with Gasteiger partial charge in [-0.05, 0) is 69.7 Å². The van der Waals surface area contributed by atoms with Crippen LogP contribution in [0.5, 0.6) is 0 Å². The summed E-state index contributed by atoms with van der Waals surface area (Å²) in [6, 6.07) is 6.39. The van der Waals surface area contributed by atoms with E-state index < -0.39 is 10.0 Å². The van der Waals surface area contributed by atoms with Crippen LogP contribution in [0, 0.1) is 5.92 Å². The summed E-state index contributed by atoms with van der Waals surface area (Å²) in [5, 5.41) is 2.74. The molecule has 1 aliphatic carbocycles. The average molecular weight is 381 g/mol. The van der Waals surface area contributed by atoms with Crippen LogP contribution >= 0.6 is 0 Å². The lowest BCUT2D eigenvalue weighted by Crippen LogP contribution is -2.47. The molecule has 1 saturated carbocycles. The van der Waals surface area contributed by atoms with Crippen LogP contribution in [0.25, 0.3) is 0 Å². The fourth-order valence-corrected chi connectivity index (χ4v) is 5.39. The third-order valence-electron chi connectivity index (χ3n) is 5.11. The molecule has 26 heavy (non-hydrogen) atoms. The van der Waals surface area contributed by atoms with E-state index in [1.807, 2.05) is 13.8 Å². The van der Waals surface area contributed by atoms with Crippen molar-refractivity contribution in [3.8, 4) is 0 Å². The Morgan fingerprint density at radius 3 is 2.31 bits per heavy atom. The third-order valence-corrected chi connectivity index (χ3v) is 7.25. The number of nitrogens with zero attached hydrogens (tertiary/aromatic N) is 1. The van der Waals surface area contributed by atoms with Crippen molar-refractivity contribution >= 4 is 21.6 Å². The molecule has 0 spiro atoms. The highest BCUT2D eigenvalue weighted by molar-refractivity contribution is 7.89. The van der Waals surface area contributed by atoms with E-state index in [1.54, 1.807) is 28.6 Å². The van der Waals surface area contributed by atoms with Crippen LogP contribution in [0.3, 0.4) is 0 Å². The molecule has 6 nitrogen and oxygen atoms in total. The largest absolute Gasteiger partial charge is 0.371 e. The van der Waals surface area contributed by atoms with E-state index in [9.17, 15) is 13.2 Å². The highest BCUT2D eigenvalue weighted by atomic mass is 32.2. The Kier molecular flexibility index (Phi) is 5.99. The van der Waals surface area contributed by atoms with Crippen molar-refractivity contribution in [2.24, 2.45) is 5.92 Å². The zero-order valence-corrected chi connectivity index (χ0v) is 16.3. The first kappa shape index (κ1) is 19.3. The highest BCUT2D eigenvalue weighted by Gasteiger charge is 2.35. The Bertz CT molecular complexity index is 718. The van der Waals surface area contributed by atoms with Crippen LogP contribution in [-0.4, -0.2) is 43.9 Å². The molecule has 2 fully saturated rings. The molecule has 1 aliphatic heterocycles. The van der Waals surface area contributed by atoms with Gasteiger partial charge in [0.05, 0.1) is 11.5 Å². The SMILES string of the molecule is C[C@H]1CCC[C@H](C)N1S(=O)(=O)c1ccc(NC(=O)COCC2CC2)cc1. The first-order valence-corrected chi connectivity index (χ1v) is 10.8. The van der Waals surface area contributed by atoms with Crippen LogP contribution < -0.4 is 5.32 Å². The van der Waals surface area contributed by atoms with Gasteiger partial charge in [0.2, 0.25) is 15.9 Å². The predicted molar refractivity (Wildman–Crippen MR) is 100 cm³/mol. The number of sulfonamides is 1. The second-order valence-corrected chi connectivity index (χ2v) is 9.34. The van der Waals surface area contributed by atoms with Crippen LogP contribution in [0.15, 0.2) is 29.2 Å². The Morgan fingerprint density at radius 2 is 1.73 bits per heavy atom. The van der Waals surface area contributed by atoms with Crippen LogP contribution in [0.2, 0.25) is 0 Å². The molecular formula is C19H28N2O4S. The van der Waals surface area contributed by atoms with E-state index in [2.05, 4.69) is 5.32 Å². The van der Waals surface area contributed by atoms with Gasteiger partial charge >= 0.3 is 0 Å². The van der Waals surface area contributed by atoms with Crippen molar-refractivity contribution in [1.82, 2.24) is 4.31 Å². The fourth-order valence-electron chi connectivity index (χ4n) is 3.50. The van der Waals surface area contributed by atoms with Gasteiger partial charge in [-0.15, -0.1) is 0 Å². The number of rotatable bonds is 7. The average Bonchev–Trinajstić information content (AvgIpc) is 3.39. The minimum atomic E-state index is -3.53. The smallest absolute Gasteiger partial charge is 0.250 e. The molecule has 0 radical (unpaired) electrons. The molecule has 1 aromatic carbocycles. The van der Waals surface area contributed by atoms with Crippen molar-refractivity contribution in [3.05, 3.63) is 24.3 Å². The number of carbonyl (C=O) groups excluding carboxylic acids is 1. The summed E-state index contributed by atoms with van der Waals surface area (Å²) < 4.78 is 32.9. The number of nitrogens with one attached hydrogen (secondary N) is 1. The van der Waals surface area contributed by atoms with Crippen LogP contribution in [0.1, 0.15) is 46.0 Å². The van der Waals surface area contributed by atoms with Crippen molar-refractivity contribution in [1.29, 1.82) is 0 Å². The number of anilines is 1. The van der Waals surface area contributed by atoms with Gasteiger partial charge in [0, 0.05) is 17.8 Å². The van der Waals surface area contributed by atoms with Gasteiger partial charge in [-0.2, -0.15) is 4.31 Å². The van der Waals surface area contributed by atoms with E-state index in [0.717, 1.165) is 19.3 Å². The zero-order chi connectivity index (χ0) is 18.7. The van der Waals surface area contributed by atoms with E-state index in [-0.39, 0.29) is 29.5 Å². The molecule has 1 N–H and O–H groups in total. The Labute approximate surface area is 156 Å². The molecule has 1 heterocycles. The number of carbonyl (C=O) groups is 1. The van der Waals surface area contributed by atoms with Gasteiger partial charge in [-0.3, -0.25) is 4.79 Å². The van der Waals surface area contributed by atoms with Crippen LogP contribution in [0.4, 0.5) is 5.69 Å². The molecule has 1 saturated heterocycles. The number of benzene rings is 1.